The van der Waals surface area contributed by atoms with Crippen LogP contribution in [0.15, 0.2) is 21.6 Å². The third-order valence-corrected chi connectivity index (χ3v) is 3.77. The Bertz CT molecular complexity index is 633. The van der Waals surface area contributed by atoms with Crippen LogP contribution in [-0.2, 0) is 0 Å². The van der Waals surface area contributed by atoms with E-state index in [2.05, 4.69) is 60.9 Å². The Morgan fingerprint density at radius 2 is 1.94 bits per heavy atom. The first-order valence-electron chi connectivity index (χ1n) is 6.38. The van der Waals surface area contributed by atoms with Crippen LogP contribution in [0.25, 0.3) is 12.2 Å². The van der Waals surface area contributed by atoms with E-state index in [-0.39, 0.29) is 6.04 Å². The van der Waals surface area contributed by atoms with Gasteiger partial charge in [-0.05, 0) is 32.4 Å². The monoisotopic (exact) mass is 239 g/mol. The van der Waals surface area contributed by atoms with E-state index < -0.39 is 0 Å². The molecule has 0 saturated carbocycles. The van der Waals surface area contributed by atoms with Gasteiger partial charge in [-0.2, -0.15) is 0 Å². The molecule has 3 heterocycles. The molecule has 0 N–H and O–H groups in total. The molecule has 0 aromatic carbocycles. The predicted octanol–water partition coefficient (Wildman–Crippen LogP) is 2.03. The molecule has 0 aliphatic carbocycles. The van der Waals surface area contributed by atoms with Crippen molar-refractivity contribution in [3.05, 3.63) is 27.9 Å². The Kier molecular flexibility index (Phi) is 2.44. The molecule has 0 radical (unpaired) electrons. The number of rotatable bonds is 0. The number of nitrogens with zero attached hydrogens (tertiary/aromatic N) is 3. The highest BCUT2D eigenvalue weighted by atomic mass is 15.0. The molecule has 3 heteroatoms. The summed E-state index contributed by atoms with van der Waals surface area (Å²) in [6, 6.07) is 2.38. The van der Waals surface area contributed by atoms with Crippen molar-refractivity contribution in [2.75, 3.05) is 0 Å². The Balaban J connectivity index is 2.29. The third kappa shape index (κ3) is 1.70. The number of aliphatic imine (C=N–C) groups is 1. The predicted molar refractivity (Wildman–Crippen MR) is 74.5 cm³/mol. The number of hydrogen-bond acceptors (Lipinski definition) is 3. The average Bonchev–Trinajstić information content (AvgIpc) is 2.31. The van der Waals surface area contributed by atoms with E-state index in [4.69, 9.17) is 0 Å². The largest absolute Gasteiger partial charge is 0.259 e. The lowest BCUT2D eigenvalue weighted by Gasteiger charge is -2.16. The van der Waals surface area contributed by atoms with Crippen LogP contribution in [0.2, 0.25) is 0 Å². The molecule has 0 fully saturated rings. The molecule has 0 spiro atoms. The van der Waals surface area contributed by atoms with Gasteiger partial charge in [0.15, 0.2) is 11.3 Å². The summed E-state index contributed by atoms with van der Waals surface area (Å²) < 4.78 is 0. The summed E-state index contributed by atoms with van der Waals surface area (Å²) >= 11 is 0. The summed E-state index contributed by atoms with van der Waals surface area (Å²) in [5.41, 5.74) is 4.34. The second-order valence-electron chi connectivity index (χ2n) is 5.22. The van der Waals surface area contributed by atoms with Gasteiger partial charge in [0.05, 0.1) is 6.04 Å². The zero-order valence-corrected chi connectivity index (χ0v) is 11.2. The maximum atomic E-state index is 4.62. The molecule has 2 aliphatic rings. The van der Waals surface area contributed by atoms with E-state index in [1.54, 1.807) is 0 Å². The van der Waals surface area contributed by atoms with Gasteiger partial charge in [0.1, 0.15) is 0 Å². The number of pyridine rings is 1. The molecule has 0 amide bonds. The van der Waals surface area contributed by atoms with Crippen molar-refractivity contribution in [2.45, 2.75) is 33.7 Å². The van der Waals surface area contributed by atoms with Crippen molar-refractivity contribution in [3.63, 3.8) is 0 Å². The van der Waals surface area contributed by atoms with Gasteiger partial charge >= 0.3 is 0 Å². The van der Waals surface area contributed by atoms with Crippen LogP contribution in [0.3, 0.4) is 0 Å². The van der Waals surface area contributed by atoms with E-state index in [9.17, 15) is 0 Å². The van der Waals surface area contributed by atoms with Gasteiger partial charge in [0, 0.05) is 22.4 Å². The summed E-state index contributed by atoms with van der Waals surface area (Å²) in [4.78, 5) is 13.8. The van der Waals surface area contributed by atoms with E-state index >= 15 is 0 Å². The Hall–Kier alpha value is -1.77. The van der Waals surface area contributed by atoms with Crippen LogP contribution in [-0.4, -0.2) is 16.7 Å². The van der Waals surface area contributed by atoms with Gasteiger partial charge in [0.25, 0.3) is 0 Å². The quantitative estimate of drug-likeness (QED) is 0.682. The molecule has 3 nitrogen and oxygen atoms in total. The molecule has 3 rings (SSSR count). The number of fused-ring (bicyclic) bond motifs is 2. The minimum Gasteiger partial charge on any atom is -0.259 e. The molecule has 2 atom stereocenters. The highest BCUT2D eigenvalue weighted by Crippen LogP contribution is 2.16. The van der Waals surface area contributed by atoms with Crippen molar-refractivity contribution >= 4 is 23.7 Å². The Labute approximate surface area is 107 Å². The first-order valence-corrected chi connectivity index (χ1v) is 6.38. The lowest BCUT2D eigenvalue weighted by molar-refractivity contribution is 0.804. The summed E-state index contributed by atoms with van der Waals surface area (Å²) in [7, 11) is 0. The zero-order chi connectivity index (χ0) is 12.9. The fourth-order valence-electron chi connectivity index (χ4n) is 2.26. The molecule has 1 aromatic rings. The maximum absolute atomic E-state index is 4.62. The van der Waals surface area contributed by atoms with Gasteiger partial charge in [0.2, 0.25) is 0 Å². The van der Waals surface area contributed by atoms with Crippen molar-refractivity contribution in [3.8, 4) is 0 Å². The smallest absolute Gasteiger partial charge is 0.161 e. The average molecular weight is 239 g/mol. The van der Waals surface area contributed by atoms with Crippen LogP contribution >= 0.6 is 0 Å². The van der Waals surface area contributed by atoms with E-state index in [1.165, 1.54) is 5.57 Å². The van der Waals surface area contributed by atoms with Crippen molar-refractivity contribution in [1.29, 1.82) is 0 Å². The lowest BCUT2D eigenvalue weighted by atomic mass is 10.0. The summed E-state index contributed by atoms with van der Waals surface area (Å²) in [5.74, 6) is 1.20. The molecule has 1 aromatic heterocycles. The van der Waals surface area contributed by atoms with Crippen LogP contribution in [0.5, 0.6) is 0 Å². The van der Waals surface area contributed by atoms with E-state index in [1.807, 2.05) is 0 Å². The standard InChI is InChI=1S/C15H17N3/c1-8-5-12-7-13-6-9(2)11(4)17-15(13)18-14(12)16-10(8)3/h5-8,11H,1-4H3/t8-,11+/m0/s1. The number of hydrogen-bond donors (Lipinski definition) is 0. The van der Waals surface area contributed by atoms with Gasteiger partial charge in [-0.15, -0.1) is 0 Å². The molecule has 0 bridgehead atoms. The van der Waals surface area contributed by atoms with Crippen LogP contribution in [0, 0.1) is 5.92 Å². The fourth-order valence-corrected chi connectivity index (χ4v) is 2.26. The lowest BCUT2D eigenvalue weighted by Crippen LogP contribution is -2.27. The van der Waals surface area contributed by atoms with Crippen LogP contribution < -0.4 is 10.7 Å². The zero-order valence-electron chi connectivity index (χ0n) is 11.2. The maximum Gasteiger partial charge on any atom is 0.161 e. The second-order valence-corrected chi connectivity index (χ2v) is 5.22. The Morgan fingerprint density at radius 1 is 1.17 bits per heavy atom. The minimum absolute atomic E-state index is 0.222. The van der Waals surface area contributed by atoms with Crippen molar-refractivity contribution in [2.24, 2.45) is 15.9 Å². The van der Waals surface area contributed by atoms with Gasteiger partial charge < -0.3 is 0 Å². The Morgan fingerprint density at radius 3 is 2.72 bits per heavy atom. The molecule has 0 unspecified atom stereocenters. The van der Waals surface area contributed by atoms with Crippen LogP contribution in [0.1, 0.15) is 33.3 Å². The van der Waals surface area contributed by atoms with Gasteiger partial charge in [-0.25, -0.2) is 9.98 Å². The normalized spacial score (nSPS) is 25.1. The first kappa shape index (κ1) is 11.3. The molecular formula is C15H17N3. The van der Waals surface area contributed by atoms with Gasteiger partial charge in [-0.3, -0.25) is 4.99 Å². The topological polar surface area (TPSA) is 37.6 Å². The summed E-state index contributed by atoms with van der Waals surface area (Å²) in [5, 5.41) is 1.13. The van der Waals surface area contributed by atoms with Crippen molar-refractivity contribution < 1.29 is 0 Å². The second kappa shape index (κ2) is 3.87. The number of aromatic nitrogens is 1. The van der Waals surface area contributed by atoms with Crippen molar-refractivity contribution in [1.82, 2.24) is 4.98 Å². The summed E-state index contributed by atoms with van der Waals surface area (Å²) in [6.45, 7) is 8.42. The molecule has 0 saturated heterocycles. The van der Waals surface area contributed by atoms with E-state index in [0.717, 1.165) is 27.8 Å². The first-order chi connectivity index (χ1) is 8.54. The highest BCUT2D eigenvalue weighted by molar-refractivity contribution is 5.92. The molecule has 92 valence electrons. The SMILES string of the molecule is CC1=Cc2cc3c(nc2=N[C@@H]1C)N=C(C)[C@@H](C)C=3. The molecule has 2 aliphatic heterocycles. The highest BCUT2D eigenvalue weighted by Gasteiger charge is 2.14. The third-order valence-electron chi connectivity index (χ3n) is 3.77. The fraction of sp³-hybridized carbons (Fsp3) is 0.400. The summed E-state index contributed by atoms with van der Waals surface area (Å²) in [6.07, 6.45) is 4.41. The minimum atomic E-state index is 0.222. The molecular weight excluding hydrogens is 222 g/mol. The molecule has 18 heavy (non-hydrogen) atoms. The van der Waals surface area contributed by atoms with Gasteiger partial charge in [-0.1, -0.05) is 19.1 Å². The van der Waals surface area contributed by atoms with Crippen LogP contribution in [0.4, 0.5) is 5.82 Å². The van der Waals surface area contributed by atoms with E-state index in [0.29, 0.717) is 5.92 Å².